The minimum atomic E-state index is -0.927. The van der Waals surface area contributed by atoms with E-state index in [1.165, 1.54) is 5.56 Å². The summed E-state index contributed by atoms with van der Waals surface area (Å²) in [6.45, 7) is 3.59. The topological polar surface area (TPSA) is 95.5 Å². The fourth-order valence-electron chi connectivity index (χ4n) is 3.42. The average Bonchev–Trinajstić information content (AvgIpc) is 2.76. The van der Waals surface area contributed by atoms with Crippen molar-refractivity contribution >= 4 is 23.5 Å². The lowest BCUT2D eigenvalue weighted by molar-refractivity contribution is -0.142. The highest BCUT2D eigenvalue weighted by atomic mass is 16.4. The van der Waals surface area contributed by atoms with E-state index in [2.05, 4.69) is 41.8 Å². The zero-order valence-corrected chi connectivity index (χ0v) is 18.3. The zero-order valence-electron chi connectivity index (χ0n) is 18.3. The largest absolute Gasteiger partial charge is 0.481 e. The van der Waals surface area contributed by atoms with Crippen LogP contribution in [0.3, 0.4) is 0 Å². The summed E-state index contributed by atoms with van der Waals surface area (Å²) in [5, 5.41) is 14.7. The van der Waals surface area contributed by atoms with Crippen molar-refractivity contribution in [3.8, 4) is 0 Å². The van der Waals surface area contributed by atoms with Gasteiger partial charge in [-0.1, -0.05) is 62.7 Å². The molecule has 2 aromatic carbocycles. The third kappa shape index (κ3) is 8.62. The molecule has 0 aliphatic heterocycles. The van der Waals surface area contributed by atoms with E-state index in [1.54, 1.807) is 19.1 Å². The first-order chi connectivity index (χ1) is 14.9. The van der Waals surface area contributed by atoms with Gasteiger partial charge in [0.15, 0.2) is 0 Å². The predicted molar refractivity (Wildman–Crippen MR) is 122 cm³/mol. The number of hydrogen-bond donors (Lipinski definition) is 3. The van der Waals surface area contributed by atoms with Crippen LogP contribution in [0.5, 0.6) is 0 Å². The second kappa shape index (κ2) is 12.5. The first-order valence-electron chi connectivity index (χ1n) is 10.8. The molecule has 0 unspecified atom stereocenters. The predicted octanol–water partition coefficient (Wildman–Crippen LogP) is 4.05. The number of carboxylic acid groups (broad SMARTS) is 1. The SMILES string of the molecule is CCCc1ccc(CC[C@H](C[C@H](C)C(=O)O)C(=O)NCC(=O)Nc2ccccc2)cc1. The fraction of sp³-hybridized carbons (Fsp3) is 0.400. The Hall–Kier alpha value is -3.15. The van der Waals surface area contributed by atoms with Crippen LogP contribution in [0.2, 0.25) is 0 Å². The number of carbonyl (C=O) groups excluding carboxylic acids is 2. The summed E-state index contributed by atoms with van der Waals surface area (Å²) in [5.74, 6) is -2.66. The van der Waals surface area contributed by atoms with E-state index in [-0.39, 0.29) is 24.8 Å². The van der Waals surface area contributed by atoms with Crippen LogP contribution in [0.25, 0.3) is 0 Å². The number of aryl methyl sites for hydroxylation is 2. The maximum atomic E-state index is 12.7. The second-order valence-electron chi connectivity index (χ2n) is 7.91. The molecule has 0 aliphatic rings. The van der Waals surface area contributed by atoms with Crippen LogP contribution in [-0.2, 0) is 27.2 Å². The van der Waals surface area contributed by atoms with E-state index in [4.69, 9.17) is 0 Å². The first-order valence-corrected chi connectivity index (χ1v) is 10.8. The molecule has 6 heteroatoms. The normalized spacial score (nSPS) is 12.6. The molecule has 2 amide bonds. The van der Waals surface area contributed by atoms with Gasteiger partial charge in [0, 0.05) is 11.6 Å². The summed E-state index contributed by atoms with van der Waals surface area (Å²) in [7, 11) is 0. The smallest absolute Gasteiger partial charge is 0.306 e. The van der Waals surface area contributed by atoms with Crippen LogP contribution >= 0.6 is 0 Å². The van der Waals surface area contributed by atoms with Crippen molar-refractivity contribution in [1.29, 1.82) is 0 Å². The highest BCUT2D eigenvalue weighted by molar-refractivity contribution is 5.94. The van der Waals surface area contributed by atoms with E-state index in [0.29, 0.717) is 18.5 Å². The molecule has 2 atom stereocenters. The maximum absolute atomic E-state index is 12.7. The van der Waals surface area contributed by atoms with Gasteiger partial charge in [0.05, 0.1) is 12.5 Å². The van der Waals surface area contributed by atoms with Crippen LogP contribution in [0.1, 0.15) is 44.2 Å². The summed E-state index contributed by atoms with van der Waals surface area (Å²) in [5.41, 5.74) is 3.05. The van der Waals surface area contributed by atoms with Crippen molar-refractivity contribution in [3.05, 3.63) is 65.7 Å². The third-order valence-electron chi connectivity index (χ3n) is 5.25. The lowest BCUT2D eigenvalue weighted by Crippen LogP contribution is -2.38. The van der Waals surface area contributed by atoms with Crippen molar-refractivity contribution < 1.29 is 19.5 Å². The van der Waals surface area contributed by atoms with Gasteiger partial charge in [0.25, 0.3) is 0 Å². The molecule has 0 saturated carbocycles. The monoisotopic (exact) mass is 424 g/mol. The number of rotatable bonds is 12. The standard InChI is InChI=1S/C25H32N2O4/c1-3-7-19-10-12-20(13-11-19)14-15-21(16-18(2)25(30)31)24(29)26-17-23(28)27-22-8-5-4-6-9-22/h4-6,8-13,18,21H,3,7,14-17H2,1-2H3,(H,26,29)(H,27,28)(H,30,31)/t18-,21+/m0/s1. The van der Waals surface area contributed by atoms with E-state index in [9.17, 15) is 19.5 Å². The van der Waals surface area contributed by atoms with Crippen molar-refractivity contribution in [3.63, 3.8) is 0 Å². The van der Waals surface area contributed by atoms with Crippen LogP contribution < -0.4 is 10.6 Å². The Morgan fingerprint density at radius 3 is 2.13 bits per heavy atom. The number of para-hydroxylation sites is 1. The first kappa shape index (κ1) is 24.1. The summed E-state index contributed by atoms with van der Waals surface area (Å²) in [6.07, 6.45) is 3.55. The number of amides is 2. The molecule has 2 rings (SSSR count). The number of carbonyl (C=O) groups is 3. The molecule has 0 radical (unpaired) electrons. The molecule has 31 heavy (non-hydrogen) atoms. The van der Waals surface area contributed by atoms with Gasteiger partial charge in [-0.3, -0.25) is 14.4 Å². The second-order valence-corrected chi connectivity index (χ2v) is 7.91. The molecule has 0 heterocycles. The minimum Gasteiger partial charge on any atom is -0.481 e. The molecule has 3 N–H and O–H groups in total. The Balaban J connectivity index is 1.93. The van der Waals surface area contributed by atoms with Crippen LogP contribution in [-0.4, -0.2) is 29.4 Å². The van der Waals surface area contributed by atoms with Crippen molar-refractivity contribution in [1.82, 2.24) is 5.32 Å². The number of carboxylic acids is 1. The Labute approximate surface area is 184 Å². The quantitative estimate of drug-likeness (QED) is 0.479. The molecule has 6 nitrogen and oxygen atoms in total. The van der Waals surface area contributed by atoms with E-state index >= 15 is 0 Å². The van der Waals surface area contributed by atoms with E-state index in [0.717, 1.165) is 18.4 Å². The molecule has 0 spiro atoms. The highest BCUT2D eigenvalue weighted by Gasteiger charge is 2.24. The van der Waals surface area contributed by atoms with Crippen LogP contribution in [0.4, 0.5) is 5.69 Å². The highest BCUT2D eigenvalue weighted by Crippen LogP contribution is 2.20. The Morgan fingerprint density at radius 1 is 0.935 bits per heavy atom. The summed E-state index contributed by atoms with van der Waals surface area (Å²) >= 11 is 0. The van der Waals surface area contributed by atoms with Gasteiger partial charge in [-0.2, -0.15) is 0 Å². The van der Waals surface area contributed by atoms with Crippen molar-refractivity contribution in [2.45, 2.75) is 46.0 Å². The van der Waals surface area contributed by atoms with Gasteiger partial charge in [-0.25, -0.2) is 0 Å². The molecule has 0 bridgehead atoms. The summed E-state index contributed by atoms with van der Waals surface area (Å²) in [4.78, 5) is 36.2. The number of nitrogens with one attached hydrogen (secondary N) is 2. The van der Waals surface area contributed by atoms with Gasteiger partial charge >= 0.3 is 5.97 Å². The van der Waals surface area contributed by atoms with E-state index < -0.39 is 17.8 Å². The maximum Gasteiger partial charge on any atom is 0.306 e. The molecule has 166 valence electrons. The molecular formula is C25H32N2O4. The Morgan fingerprint density at radius 2 is 1.55 bits per heavy atom. The van der Waals surface area contributed by atoms with Gasteiger partial charge in [0.2, 0.25) is 11.8 Å². The lowest BCUT2D eigenvalue weighted by atomic mass is 9.89. The minimum absolute atomic E-state index is 0.155. The molecule has 0 aliphatic carbocycles. The van der Waals surface area contributed by atoms with Gasteiger partial charge in [-0.15, -0.1) is 0 Å². The molecular weight excluding hydrogens is 392 g/mol. The average molecular weight is 425 g/mol. The van der Waals surface area contributed by atoms with E-state index in [1.807, 2.05) is 18.2 Å². The van der Waals surface area contributed by atoms with Crippen molar-refractivity contribution in [2.24, 2.45) is 11.8 Å². The summed E-state index contributed by atoms with van der Waals surface area (Å²) in [6, 6.07) is 17.3. The number of aliphatic carboxylic acids is 1. The molecule has 0 fully saturated rings. The third-order valence-corrected chi connectivity index (χ3v) is 5.25. The number of benzene rings is 2. The van der Waals surface area contributed by atoms with Crippen LogP contribution in [0.15, 0.2) is 54.6 Å². The molecule has 0 saturated heterocycles. The Kier molecular flexibility index (Phi) is 9.75. The van der Waals surface area contributed by atoms with Crippen LogP contribution in [0, 0.1) is 11.8 Å². The zero-order chi connectivity index (χ0) is 22.6. The van der Waals surface area contributed by atoms with Gasteiger partial charge in [-0.05, 0) is 48.9 Å². The Bertz CT molecular complexity index is 850. The fourth-order valence-corrected chi connectivity index (χ4v) is 3.42. The molecule has 0 aromatic heterocycles. The summed E-state index contributed by atoms with van der Waals surface area (Å²) < 4.78 is 0. The number of hydrogen-bond acceptors (Lipinski definition) is 3. The molecule has 2 aromatic rings. The lowest BCUT2D eigenvalue weighted by Gasteiger charge is -2.19. The van der Waals surface area contributed by atoms with Crippen molar-refractivity contribution in [2.75, 3.05) is 11.9 Å². The van der Waals surface area contributed by atoms with Gasteiger partial charge in [0.1, 0.15) is 0 Å². The number of anilines is 1. The van der Waals surface area contributed by atoms with Gasteiger partial charge < -0.3 is 15.7 Å².